The van der Waals surface area contributed by atoms with Crippen LogP contribution in [0.3, 0.4) is 0 Å². The molecule has 2 amide bonds. The minimum absolute atomic E-state index is 0. The molecule has 0 aliphatic carbocycles. The second-order valence-electron chi connectivity index (χ2n) is 7.64. The highest BCUT2D eigenvalue weighted by Gasteiger charge is 2.38. The lowest BCUT2D eigenvalue weighted by Gasteiger charge is -2.39. The van der Waals surface area contributed by atoms with Gasteiger partial charge in [-0.3, -0.25) is 9.59 Å². The van der Waals surface area contributed by atoms with E-state index >= 15 is 0 Å². The molecule has 3 aliphatic heterocycles. The molecule has 3 saturated heterocycles. The van der Waals surface area contributed by atoms with Crippen molar-refractivity contribution in [3.8, 4) is 0 Å². The standard InChI is InChI=1S/C18H31N3O2.ClH/c1-3-5-17(22)21-9-4-6-13(12-21)18(23)20(2)16-10-14-7-8-15(11-16)19-14;/h13-16,19H,3-12H2,1-2H3;1H. The van der Waals surface area contributed by atoms with Gasteiger partial charge in [0.15, 0.2) is 0 Å². The van der Waals surface area contributed by atoms with Crippen LogP contribution in [0.4, 0.5) is 0 Å². The van der Waals surface area contributed by atoms with Gasteiger partial charge in [-0.25, -0.2) is 0 Å². The third kappa shape index (κ3) is 4.23. The van der Waals surface area contributed by atoms with E-state index in [4.69, 9.17) is 0 Å². The molecular weight excluding hydrogens is 326 g/mol. The number of nitrogens with zero attached hydrogens (tertiary/aromatic N) is 2. The highest BCUT2D eigenvalue weighted by Crippen LogP contribution is 2.30. The number of rotatable bonds is 4. The number of likely N-dealkylation sites (tertiary alicyclic amines) is 1. The molecule has 0 radical (unpaired) electrons. The van der Waals surface area contributed by atoms with Crippen molar-refractivity contribution in [2.24, 2.45) is 5.92 Å². The van der Waals surface area contributed by atoms with Crippen LogP contribution >= 0.6 is 12.4 Å². The lowest BCUT2D eigenvalue weighted by atomic mass is 9.93. The first kappa shape index (κ1) is 19.5. The monoisotopic (exact) mass is 357 g/mol. The molecule has 2 bridgehead atoms. The van der Waals surface area contributed by atoms with E-state index in [9.17, 15) is 9.59 Å². The van der Waals surface area contributed by atoms with Crippen molar-refractivity contribution >= 4 is 24.2 Å². The van der Waals surface area contributed by atoms with Gasteiger partial charge in [-0.1, -0.05) is 6.92 Å². The maximum absolute atomic E-state index is 12.9. The molecule has 6 heteroatoms. The van der Waals surface area contributed by atoms with Gasteiger partial charge in [-0.15, -0.1) is 12.4 Å². The van der Waals surface area contributed by atoms with E-state index in [0.29, 0.717) is 31.1 Å². The van der Waals surface area contributed by atoms with Crippen molar-refractivity contribution in [1.82, 2.24) is 15.1 Å². The molecule has 0 spiro atoms. The Morgan fingerprint density at radius 2 is 1.83 bits per heavy atom. The number of amides is 2. The van der Waals surface area contributed by atoms with Crippen LogP contribution < -0.4 is 5.32 Å². The van der Waals surface area contributed by atoms with Gasteiger partial charge >= 0.3 is 0 Å². The van der Waals surface area contributed by atoms with Crippen LogP contribution in [0, 0.1) is 5.92 Å². The molecule has 3 fully saturated rings. The van der Waals surface area contributed by atoms with E-state index in [1.807, 2.05) is 23.8 Å². The number of hydrogen-bond acceptors (Lipinski definition) is 3. The molecule has 0 aromatic rings. The zero-order chi connectivity index (χ0) is 16.4. The summed E-state index contributed by atoms with van der Waals surface area (Å²) in [5.74, 6) is 0.472. The van der Waals surface area contributed by atoms with E-state index in [0.717, 1.165) is 38.6 Å². The molecule has 24 heavy (non-hydrogen) atoms. The van der Waals surface area contributed by atoms with Crippen LogP contribution in [-0.4, -0.2) is 59.9 Å². The highest BCUT2D eigenvalue weighted by atomic mass is 35.5. The average Bonchev–Trinajstić information content (AvgIpc) is 2.91. The molecule has 3 atom stereocenters. The summed E-state index contributed by atoms with van der Waals surface area (Å²) in [6.45, 7) is 3.48. The van der Waals surface area contributed by atoms with Crippen LogP contribution in [0.25, 0.3) is 0 Å². The summed E-state index contributed by atoms with van der Waals surface area (Å²) >= 11 is 0. The number of piperidine rings is 2. The molecule has 3 rings (SSSR count). The third-order valence-electron chi connectivity index (χ3n) is 5.93. The molecule has 5 nitrogen and oxygen atoms in total. The molecule has 0 saturated carbocycles. The van der Waals surface area contributed by atoms with Crippen molar-refractivity contribution in [2.75, 3.05) is 20.1 Å². The smallest absolute Gasteiger partial charge is 0.227 e. The van der Waals surface area contributed by atoms with E-state index in [-0.39, 0.29) is 30.1 Å². The molecule has 138 valence electrons. The van der Waals surface area contributed by atoms with Gasteiger partial charge < -0.3 is 15.1 Å². The topological polar surface area (TPSA) is 52.7 Å². The predicted molar refractivity (Wildman–Crippen MR) is 97.2 cm³/mol. The Kier molecular flexibility index (Phi) is 6.93. The second-order valence-corrected chi connectivity index (χ2v) is 7.64. The normalized spacial score (nSPS) is 32.2. The second kappa shape index (κ2) is 8.52. The molecule has 1 N–H and O–H groups in total. The van der Waals surface area contributed by atoms with Gasteiger partial charge in [0.2, 0.25) is 11.8 Å². The number of hydrogen-bond donors (Lipinski definition) is 1. The van der Waals surface area contributed by atoms with Gasteiger partial charge in [0.1, 0.15) is 0 Å². The first-order chi connectivity index (χ1) is 11.1. The van der Waals surface area contributed by atoms with Gasteiger partial charge in [-0.2, -0.15) is 0 Å². The predicted octanol–water partition coefficient (Wildman–Crippen LogP) is 2.19. The summed E-state index contributed by atoms with van der Waals surface area (Å²) in [6, 6.07) is 1.58. The summed E-state index contributed by atoms with van der Waals surface area (Å²) in [4.78, 5) is 29.0. The Bertz CT molecular complexity index is 448. The first-order valence-electron chi connectivity index (χ1n) is 9.39. The minimum Gasteiger partial charge on any atom is -0.342 e. The van der Waals surface area contributed by atoms with E-state index in [1.165, 1.54) is 12.8 Å². The molecule has 3 unspecified atom stereocenters. The molecular formula is C18H32ClN3O2. The number of fused-ring (bicyclic) bond motifs is 2. The Morgan fingerprint density at radius 3 is 2.46 bits per heavy atom. The van der Waals surface area contributed by atoms with Crippen LogP contribution in [0.2, 0.25) is 0 Å². The quantitative estimate of drug-likeness (QED) is 0.839. The van der Waals surface area contributed by atoms with Crippen molar-refractivity contribution in [3.63, 3.8) is 0 Å². The van der Waals surface area contributed by atoms with Crippen molar-refractivity contribution in [2.45, 2.75) is 76.4 Å². The summed E-state index contributed by atoms with van der Waals surface area (Å²) in [5, 5.41) is 3.64. The fraction of sp³-hybridized carbons (Fsp3) is 0.889. The fourth-order valence-electron chi connectivity index (χ4n) is 4.59. The minimum atomic E-state index is 0. The van der Waals surface area contributed by atoms with E-state index in [2.05, 4.69) is 5.32 Å². The molecule has 3 heterocycles. The third-order valence-corrected chi connectivity index (χ3v) is 5.93. The lowest BCUT2D eigenvalue weighted by molar-refractivity contribution is -0.142. The lowest BCUT2D eigenvalue weighted by Crippen LogP contribution is -2.52. The van der Waals surface area contributed by atoms with Crippen LogP contribution in [0.5, 0.6) is 0 Å². The number of carbonyl (C=O) groups is 2. The zero-order valence-corrected chi connectivity index (χ0v) is 15.8. The Morgan fingerprint density at radius 1 is 1.17 bits per heavy atom. The van der Waals surface area contributed by atoms with Crippen molar-refractivity contribution < 1.29 is 9.59 Å². The maximum atomic E-state index is 12.9. The van der Waals surface area contributed by atoms with Gasteiger partial charge in [0.05, 0.1) is 5.92 Å². The van der Waals surface area contributed by atoms with Crippen molar-refractivity contribution in [3.05, 3.63) is 0 Å². The Hall–Kier alpha value is -0.810. The van der Waals surface area contributed by atoms with Gasteiger partial charge in [0, 0.05) is 44.7 Å². The van der Waals surface area contributed by atoms with Crippen LogP contribution in [-0.2, 0) is 9.59 Å². The number of carbonyl (C=O) groups excluding carboxylic acids is 2. The largest absolute Gasteiger partial charge is 0.342 e. The fourth-order valence-corrected chi connectivity index (χ4v) is 4.59. The van der Waals surface area contributed by atoms with Crippen molar-refractivity contribution in [1.29, 1.82) is 0 Å². The Balaban J connectivity index is 0.00000208. The van der Waals surface area contributed by atoms with Crippen LogP contribution in [0.1, 0.15) is 58.3 Å². The van der Waals surface area contributed by atoms with Gasteiger partial charge in [-0.05, 0) is 44.9 Å². The highest BCUT2D eigenvalue weighted by molar-refractivity contribution is 5.85. The average molecular weight is 358 g/mol. The van der Waals surface area contributed by atoms with E-state index < -0.39 is 0 Å². The summed E-state index contributed by atoms with van der Waals surface area (Å²) in [6.07, 6.45) is 8.06. The van der Waals surface area contributed by atoms with Gasteiger partial charge in [0.25, 0.3) is 0 Å². The SMILES string of the molecule is CCCC(=O)N1CCCC(C(=O)N(C)C2CC3CCC(C2)N3)C1.Cl. The summed E-state index contributed by atoms with van der Waals surface area (Å²) in [7, 11) is 1.98. The maximum Gasteiger partial charge on any atom is 0.227 e. The molecule has 0 aromatic heterocycles. The number of halogens is 1. The summed E-state index contributed by atoms with van der Waals surface area (Å²) in [5.41, 5.74) is 0. The van der Waals surface area contributed by atoms with Crippen LogP contribution in [0.15, 0.2) is 0 Å². The number of nitrogens with one attached hydrogen (secondary N) is 1. The first-order valence-corrected chi connectivity index (χ1v) is 9.39. The zero-order valence-electron chi connectivity index (χ0n) is 15.0. The Labute approximate surface area is 151 Å². The summed E-state index contributed by atoms with van der Waals surface area (Å²) < 4.78 is 0. The molecule has 0 aromatic carbocycles. The van der Waals surface area contributed by atoms with E-state index in [1.54, 1.807) is 0 Å². The molecule has 3 aliphatic rings.